The fourth-order valence-corrected chi connectivity index (χ4v) is 3.41. The molecule has 2 aromatic carbocycles. The Labute approximate surface area is 171 Å². The van der Waals surface area contributed by atoms with E-state index in [1.807, 2.05) is 55.4 Å². The SMILES string of the molecule is CN(C)c1ncccc1C1CC(Cc2ccc(OCc3ccccc3)cc2)=NO1. The fraction of sp³-hybridized carbons (Fsp3) is 0.250. The van der Waals surface area contributed by atoms with Gasteiger partial charge in [-0.3, -0.25) is 0 Å². The topological polar surface area (TPSA) is 47.0 Å². The average Bonchev–Trinajstić information content (AvgIpc) is 3.22. The van der Waals surface area contributed by atoms with Crippen LogP contribution in [-0.2, 0) is 17.9 Å². The van der Waals surface area contributed by atoms with E-state index in [4.69, 9.17) is 9.57 Å². The predicted octanol–water partition coefficient (Wildman–Crippen LogP) is 4.79. The maximum atomic E-state index is 5.86. The Hall–Kier alpha value is -3.34. The summed E-state index contributed by atoms with van der Waals surface area (Å²) in [4.78, 5) is 12.2. The summed E-state index contributed by atoms with van der Waals surface area (Å²) < 4.78 is 5.86. The van der Waals surface area contributed by atoms with Crippen molar-refractivity contribution in [3.63, 3.8) is 0 Å². The van der Waals surface area contributed by atoms with Gasteiger partial charge in [0.2, 0.25) is 0 Å². The van der Waals surface area contributed by atoms with Crippen molar-refractivity contribution >= 4 is 11.5 Å². The maximum absolute atomic E-state index is 5.86. The van der Waals surface area contributed by atoms with Gasteiger partial charge in [-0.1, -0.05) is 47.6 Å². The van der Waals surface area contributed by atoms with E-state index < -0.39 is 0 Å². The molecule has 3 aromatic rings. The van der Waals surface area contributed by atoms with Crippen LogP contribution >= 0.6 is 0 Å². The molecule has 0 aliphatic carbocycles. The van der Waals surface area contributed by atoms with Gasteiger partial charge in [-0.05, 0) is 35.4 Å². The van der Waals surface area contributed by atoms with Crippen molar-refractivity contribution in [2.24, 2.45) is 5.16 Å². The summed E-state index contributed by atoms with van der Waals surface area (Å²) in [5.41, 5.74) is 4.47. The second kappa shape index (κ2) is 8.78. The normalized spacial score (nSPS) is 15.5. The van der Waals surface area contributed by atoms with Gasteiger partial charge in [0.15, 0.2) is 6.10 Å². The number of anilines is 1. The highest BCUT2D eigenvalue weighted by Crippen LogP contribution is 2.33. The number of hydrogen-bond donors (Lipinski definition) is 0. The molecule has 1 aliphatic heterocycles. The standard InChI is InChI=1S/C24H25N3O2/c1-27(2)24-22(9-6-14-25-24)23-16-20(26-29-23)15-18-10-12-21(13-11-18)28-17-19-7-4-3-5-8-19/h3-14,23H,15-17H2,1-2H3. The lowest BCUT2D eigenvalue weighted by Crippen LogP contribution is -2.15. The number of rotatable bonds is 7. The smallest absolute Gasteiger partial charge is 0.161 e. The molecule has 0 amide bonds. The van der Waals surface area contributed by atoms with Gasteiger partial charge < -0.3 is 14.5 Å². The van der Waals surface area contributed by atoms with Crippen LogP contribution in [0.4, 0.5) is 5.82 Å². The molecule has 0 spiro atoms. The first kappa shape index (κ1) is 19.0. The van der Waals surface area contributed by atoms with Gasteiger partial charge in [0, 0.05) is 38.7 Å². The van der Waals surface area contributed by atoms with Crippen LogP contribution in [0, 0.1) is 0 Å². The first-order valence-electron chi connectivity index (χ1n) is 9.78. The van der Waals surface area contributed by atoms with Crippen molar-refractivity contribution < 1.29 is 9.57 Å². The molecule has 5 heteroatoms. The molecule has 5 nitrogen and oxygen atoms in total. The summed E-state index contributed by atoms with van der Waals surface area (Å²) >= 11 is 0. The highest BCUT2D eigenvalue weighted by atomic mass is 16.6. The molecule has 148 valence electrons. The molecule has 0 saturated heterocycles. The summed E-state index contributed by atoms with van der Waals surface area (Å²) in [6.07, 6.45) is 3.27. The minimum Gasteiger partial charge on any atom is -0.489 e. The van der Waals surface area contributed by atoms with Gasteiger partial charge >= 0.3 is 0 Å². The lowest BCUT2D eigenvalue weighted by molar-refractivity contribution is 0.0858. The molecular formula is C24H25N3O2. The van der Waals surface area contributed by atoms with E-state index in [-0.39, 0.29) is 6.10 Å². The van der Waals surface area contributed by atoms with Crippen LogP contribution in [0.3, 0.4) is 0 Å². The number of nitrogens with zero attached hydrogens (tertiary/aromatic N) is 3. The van der Waals surface area contributed by atoms with Gasteiger partial charge in [-0.15, -0.1) is 0 Å². The van der Waals surface area contributed by atoms with Crippen LogP contribution in [-0.4, -0.2) is 24.8 Å². The van der Waals surface area contributed by atoms with E-state index in [1.54, 1.807) is 6.20 Å². The molecule has 2 heterocycles. The first-order valence-corrected chi connectivity index (χ1v) is 9.78. The van der Waals surface area contributed by atoms with E-state index >= 15 is 0 Å². The highest BCUT2D eigenvalue weighted by Gasteiger charge is 2.26. The van der Waals surface area contributed by atoms with E-state index in [2.05, 4.69) is 40.5 Å². The molecule has 1 atom stereocenters. The summed E-state index contributed by atoms with van der Waals surface area (Å²) in [6.45, 7) is 0.571. The summed E-state index contributed by atoms with van der Waals surface area (Å²) in [5, 5.41) is 4.33. The number of ether oxygens (including phenoxy) is 1. The molecule has 1 unspecified atom stereocenters. The lowest BCUT2D eigenvalue weighted by atomic mass is 10.0. The Bertz CT molecular complexity index is 969. The number of benzene rings is 2. The summed E-state index contributed by atoms with van der Waals surface area (Å²) in [5.74, 6) is 1.79. The van der Waals surface area contributed by atoms with Gasteiger partial charge in [0.05, 0.1) is 5.71 Å². The third-order valence-electron chi connectivity index (χ3n) is 4.90. The third-order valence-corrected chi connectivity index (χ3v) is 4.90. The molecular weight excluding hydrogens is 362 g/mol. The van der Waals surface area contributed by atoms with Gasteiger partial charge in [-0.25, -0.2) is 4.98 Å². The van der Waals surface area contributed by atoms with Crippen molar-refractivity contribution in [1.29, 1.82) is 0 Å². The van der Waals surface area contributed by atoms with Crippen molar-refractivity contribution in [1.82, 2.24) is 4.98 Å². The zero-order chi connectivity index (χ0) is 20.1. The van der Waals surface area contributed by atoms with E-state index in [9.17, 15) is 0 Å². The monoisotopic (exact) mass is 387 g/mol. The predicted molar refractivity (Wildman–Crippen MR) is 115 cm³/mol. The summed E-state index contributed by atoms with van der Waals surface area (Å²) in [6, 6.07) is 22.4. The Balaban J connectivity index is 1.33. The quantitative estimate of drug-likeness (QED) is 0.585. The fourth-order valence-electron chi connectivity index (χ4n) is 3.41. The van der Waals surface area contributed by atoms with Crippen molar-refractivity contribution in [3.05, 3.63) is 89.6 Å². The van der Waals surface area contributed by atoms with Crippen molar-refractivity contribution in [3.8, 4) is 5.75 Å². The Morgan fingerprint density at radius 3 is 2.52 bits per heavy atom. The van der Waals surface area contributed by atoms with E-state index in [0.717, 1.165) is 41.2 Å². The minimum atomic E-state index is -0.0791. The largest absolute Gasteiger partial charge is 0.489 e. The lowest BCUT2D eigenvalue weighted by Gasteiger charge is -2.18. The molecule has 29 heavy (non-hydrogen) atoms. The highest BCUT2D eigenvalue weighted by molar-refractivity contribution is 5.87. The van der Waals surface area contributed by atoms with Crippen LogP contribution in [0.25, 0.3) is 0 Å². The maximum Gasteiger partial charge on any atom is 0.161 e. The second-order valence-corrected chi connectivity index (χ2v) is 7.36. The van der Waals surface area contributed by atoms with Gasteiger partial charge in [-0.2, -0.15) is 0 Å². The van der Waals surface area contributed by atoms with Crippen LogP contribution in [0.5, 0.6) is 5.75 Å². The minimum absolute atomic E-state index is 0.0791. The Morgan fingerprint density at radius 1 is 0.966 bits per heavy atom. The van der Waals surface area contributed by atoms with E-state index in [0.29, 0.717) is 6.61 Å². The molecule has 0 radical (unpaired) electrons. The molecule has 0 saturated carbocycles. The molecule has 1 aromatic heterocycles. The average molecular weight is 387 g/mol. The van der Waals surface area contributed by atoms with Gasteiger partial charge in [0.25, 0.3) is 0 Å². The number of hydrogen-bond acceptors (Lipinski definition) is 5. The Kier molecular flexibility index (Phi) is 5.75. The number of pyridine rings is 1. The molecule has 0 fully saturated rings. The third kappa shape index (κ3) is 4.74. The van der Waals surface area contributed by atoms with Crippen LogP contribution in [0.1, 0.15) is 29.2 Å². The molecule has 0 N–H and O–H groups in total. The molecule has 4 rings (SSSR count). The molecule has 0 bridgehead atoms. The second-order valence-electron chi connectivity index (χ2n) is 7.36. The first-order chi connectivity index (χ1) is 14.2. The number of oxime groups is 1. The molecule has 1 aliphatic rings. The summed E-state index contributed by atoms with van der Waals surface area (Å²) in [7, 11) is 3.98. The van der Waals surface area contributed by atoms with Crippen LogP contribution in [0.2, 0.25) is 0 Å². The zero-order valence-electron chi connectivity index (χ0n) is 16.8. The number of aromatic nitrogens is 1. The van der Waals surface area contributed by atoms with Crippen LogP contribution in [0.15, 0.2) is 78.1 Å². The van der Waals surface area contributed by atoms with E-state index in [1.165, 1.54) is 5.56 Å². The Morgan fingerprint density at radius 2 is 1.76 bits per heavy atom. The zero-order valence-corrected chi connectivity index (χ0v) is 16.8. The van der Waals surface area contributed by atoms with Crippen LogP contribution < -0.4 is 9.64 Å². The van der Waals surface area contributed by atoms with Crippen molar-refractivity contribution in [2.45, 2.75) is 25.6 Å². The van der Waals surface area contributed by atoms with Gasteiger partial charge in [0.1, 0.15) is 18.2 Å². The van der Waals surface area contributed by atoms with Crippen molar-refractivity contribution in [2.75, 3.05) is 19.0 Å².